The van der Waals surface area contributed by atoms with Crippen molar-refractivity contribution >= 4 is 11.8 Å². The number of aromatic nitrogens is 6. The van der Waals surface area contributed by atoms with Crippen LogP contribution in [0.15, 0.2) is 75.5 Å². The second-order valence-electron chi connectivity index (χ2n) is 5.51. The van der Waals surface area contributed by atoms with Crippen molar-refractivity contribution in [3.05, 3.63) is 92.4 Å². The molecule has 164 valence electrons. The molecule has 3 aromatic heterocycles. The van der Waals surface area contributed by atoms with Crippen LogP contribution in [0.4, 0.5) is 10.6 Å². The van der Waals surface area contributed by atoms with Crippen molar-refractivity contribution < 1.29 is 4.79 Å². The molecule has 1 aliphatic rings. The molecular formula is C17H22N10O4. The van der Waals surface area contributed by atoms with E-state index in [4.69, 9.17) is 11.5 Å². The smallest absolute Gasteiger partial charge is 0.346 e. The minimum absolute atomic E-state index is 0.242. The quantitative estimate of drug-likeness (QED) is 0.217. The molecule has 0 spiro atoms. The van der Waals surface area contributed by atoms with E-state index in [0.717, 1.165) is 5.57 Å². The number of nitrogens with zero attached hydrogens (tertiary/aromatic N) is 3. The van der Waals surface area contributed by atoms with Gasteiger partial charge >= 0.3 is 17.4 Å². The molecular weight excluding hydrogens is 408 g/mol. The third kappa shape index (κ3) is 11.8. The van der Waals surface area contributed by atoms with Crippen LogP contribution in [-0.4, -0.2) is 42.1 Å². The van der Waals surface area contributed by atoms with Crippen LogP contribution in [0.25, 0.3) is 0 Å². The molecule has 1 atom stereocenters. The predicted octanol–water partition coefficient (Wildman–Crippen LogP) is -1.62. The van der Waals surface area contributed by atoms with Gasteiger partial charge in [0.1, 0.15) is 18.3 Å². The van der Waals surface area contributed by atoms with Gasteiger partial charge in [-0.1, -0.05) is 0 Å². The number of anilines is 1. The second kappa shape index (κ2) is 13.6. The zero-order valence-electron chi connectivity index (χ0n) is 16.4. The summed E-state index contributed by atoms with van der Waals surface area (Å²) in [6.07, 6.45) is 8.80. The molecule has 14 nitrogen and oxygen atoms in total. The van der Waals surface area contributed by atoms with E-state index in [-0.39, 0.29) is 17.8 Å². The zero-order chi connectivity index (χ0) is 23.1. The Hall–Kier alpha value is -4.59. The molecule has 0 saturated heterocycles. The summed E-state index contributed by atoms with van der Waals surface area (Å²) in [5.41, 5.74) is 10.2. The summed E-state index contributed by atoms with van der Waals surface area (Å²) in [6.45, 7) is 1.84. The molecule has 0 radical (unpaired) electrons. The molecule has 3 aromatic rings. The molecule has 1 aliphatic heterocycles. The fourth-order valence-corrected chi connectivity index (χ4v) is 1.58. The maximum atomic E-state index is 10.5. The van der Waals surface area contributed by atoms with Crippen LogP contribution in [0.5, 0.6) is 0 Å². The lowest BCUT2D eigenvalue weighted by molar-refractivity contribution is 0.240. The lowest BCUT2D eigenvalue weighted by Gasteiger charge is -2.18. The van der Waals surface area contributed by atoms with E-state index in [1.54, 1.807) is 24.7 Å². The number of H-pyrrole nitrogens is 3. The van der Waals surface area contributed by atoms with Crippen molar-refractivity contribution in [2.45, 2.75) is 13.1 Å². The fraction of sp³-hybridized carbons (Fsp3) is 0.118. The van der Waals surface area contributed by atoms with E-state index in [1.807, 2.05) is 11.9 Å². The minimum atomic E-state index is -0.475. The minimum Gasteiger partial charge on any atom is -0.385 e. The first-order chi connectivity index (χ1) is 14.8. The molecule has 14 heteroatoms. The summed E-state index contributed by atoms with van der Waals surface area (Å²) in [7, 11) is 0. The van der Waals surface area contributed by atoms with Crippen molar-refractivity contribution in [2.24, 2.45) is 5.73 Å². The Morgan fingerprint density at radius 3 is 2.06 bits per heavy atom. The predicted molar refractivity (Wildman–Crippen MR) is 112 cm³/mol. The standard InChI is InChI=1S/C5H9N3O.C4H5N3O.C4H4N2O2.C4H4N2/c1-3-2-7-5(9)8-4(3)6;5-3-1-2-6-4(8)7-3;7-3-1-2-5-4(8)6-3;1-2-5-4-6-3-1/h2,4H,6H2,1H3,(H2,7,8,9);1-2H,(H3,5,6,7,8);1-2H,(H2,5,6,7,8);1-4H. The number of hydrogen-bond donors (Lipinski definition) is 7. The number of carbonyl (C=O) groups is 1. The molecule has 31 heavy (non-hydrogen) atoms. The number of rotatable bonds is 0. The van der Waals surface area contributed by atoms with Crippen LogP contribution in [0, 0.1) is 0 Å². The lowest BCUT2D eigenvalue weighted by Crippen LogP contribution is -2.49. The molecule has 4 rings (SSSR count). The van der Waals surface area contributed by atoms with Crippen molar-refractivity contribution in [1.82, 2.24) is 40.5 Å². The lowest BCUT2D eigenvalue weighted by atomic mass is 10.2. The Bertz CT molecular complexity index is 1070. The summed E-state index contributed by atoms with van der Waals surface area (Å²) in [4.78, 5) is 58.4. The molecule has 0 bridgehead atoms. The summed E-state index contributed by atoms with van der Waals surface area (Å²) in [5.74, 6) is 0.338. The molecule has 0 fully saturated rings. The highest BCUT2D eigenvalue weighted by Gasteiger charge is 2.12. The SMILES string of the molecule is CC1=CNC(=O)NC1N.Nc1ccnc(=O)[nH]1.O=c1cc[nH]c(=O)[nH]1.c1cncnc1. The first-order valence-electron chi connectivity index (χ1n) is 8.56. The van der Waals surface area contributed by atoms with E-state index >= 15 is 0 Å². The maximum Gasteiger partial charge on any atom is 0.346 e. The van der Waals surface area contributed by atoms with E-state index in [2.05, 4.69) is 35.6 Å². The Kier molecular flexibility index (Phi) is 10.7. The van der Waals surface area contributed by atoms with Gasteiger partial charge in [-0.2, -0.15) is 0 Å². The average Bonchev–Trinajstić information content (AvgIpc) is 2.73. The van der Waals surface area contributed by atoms with Crippen LogP contribution >= 0.6 is 0 Å². The van der Waals surface area contributed by atoms with Gasteiger partial charge in [-0.15, -0.1) is 0 Å². The van der Waals surface area contributed by atoms with Crippen LogP contribution < -0.4 is 39.0 Å². The molecule has 9 N–H and O–H groups in total. The Morgan fingerprint density at radius 2 is 1.71 bits per heavy atom. The summed E-state index contributed by atoms with van der Waals surface area (Å²) < 4.78 is 0. The number of nitrogens with one attached hydrogen (secondary N) is 5. The second-order valence-corrected chi connectivity index (χ2v) is 5.51. The molecule has 1 unspecified atom stereocenters. The number of nitrogens with two attached hydrogens (primary N) is 2. The Morgan fingerprint density at radius 1 is 1.00 bits per heavy atom. The van der Waals surface area contributed by atoms with Gasteiger partial charge in [0.15, 0.2) is 0 Å². The van der Waals surface area contributed by atoms with Crippen molar-refractivity contribution in [3.8, 4) is 0 Å². The largest absolute Gasteiger partial charge is 0.385 e. The maximum absolute atomic E-state index is 10.5. The van der Waals surface area contributed by atoms with E-state index in [9.17, 15) is 19.2 Å². The van der Waals surface area contributed by atoms with Crippen molar-refractivity contribution in [2.75, 3.05) is 5.73 Å². The van der Waals surface area contributed by atoms with E-state index in [0.29, 0.717) is 5.82 Å². The summed E-state index contributed by atoms with van der Waals surface area (Å²) in [5, 5.41) is 4.96. The fourth-order valence-electron chi connectivity index (χ4n) is 1.58. The van der Waals surface area contributed by atoms with Crippen LogP contribution in [0.1, 0.15) is 6.92 Å². The highest BCUT2D eigenvalue weighted by molar-refractivity contribution is 5.77. The summed E-state index contributed by atoms with van der Waals surface area (Å²) in [6, 6.07) is 4.29. The van der Waals surface area contributed by atoms with Gasteiger partial charge < -0.3 is 27.1 Å². The molecule has 0 aliphatic carbocycles. The highest BCUT2D eigenvalue weighted by atomic mass is 16.2. The van der Waals surface area contributed by atoms with Crippen molar-refractivity contribution in [3.63, 3.8) is 0 Å². The normalized spacial score (nSPS) is 13.8. The molecule has 2 amide bonds. The average molecular weight is 430 g/mol. The van der Waals surface area contributed by atoms with Crippen LogP contribution in [0.3, 0.4) is 0 Å². The van der Waals surface area contributed by atoms with Gasteiger partial charge in [-0.25, -0.2) is 29.3 Å². The number of nitrogen functional groups attached to an aromatic ring is 1. The summed E-state index contributed by atoms with van der Waals surface area (Å²) >= 11 is 0. The zero-order valence-corrected chi connectivity index (χ0v) is 16.4. The van der Waals surface area contributed by atoms with Crippen molar-refractivity contribution in [1.29, 1.82) is 0 Å². The first kappa shape index (κ1) is 24.4. The third-order valence-electron chi connectivity index (χ3n) is 3.07. The van der Waals surface area contributed by atoms with Gasteiger partial charge in [0.2, 0.25) is 0 Å². The molecule has 0 saturated carbocycles. The monoisotopic (exact) mass is 430 g/mol. The van der Waals surface area contributed by atoms with Crippen LogP contribution in [0.2, 0.25) is 0 Å². The topological polar surface area (TPSA) is 230 Å². The van der Waals surface area contributed by atoms with Crippen LogP contribution in [-0.2, 0) is 0 Å². The van der Waals surface area contributed by atoms with Gasteiger partial charge in [-0.3, -0.25) is 14.8 Å². The number of amides is 2. The molecule has 0 aromatic carbocycles. The number of aromatic amines is 3. The van der Waals surface area contributed by atoms with Gasteiger partial charge in [0, 0.05) is 37.1 Å². The Balaban J connectivity index is 0.000000208. The van der Waals surface area contributed by atoms with Gasteiger partial charge in [0.05, 0.1) is 0 Å². The third-order valence-corrected chi connectivity index (χ3v) is 3.07. The number of hydrogen-bond acceptors (Lipinski definition) is 9. The number of carbonyl (C=O) groups excluding carboxylic acids is 1. The first-order valence-corrected chi connectivity index (χ1v) is 8.56. The van der Waals surface area contributed by atoms with E-state index < -0.39 is 11.4 Å². The Labute approximate surface area is 174 Å². The van der Waals surface area contributed by atoms with Gasteiger partial charge in [0.25, 0.3) is 5.56 Å². The van der Waals surface area contributed by atoms with Gasteiger partial charge in [-0.05, 0) is 24.6 Å². The number of urea groups is 1. The van der Waals surface area contributed by atoms with E-state index in [1.165, 1.54) is 30.9 Å². The highest BCUT2D eigenvalue weighted by Crippen LogP contribution is 1.96. The molecule has 4 heterocycles.